The Hall–Kier alpha value is -1.35. The molecule has 2 rings (SSSR count). The maximum absolute atomic E-state index is 12.4. The highest BCUT2D eigenvalue weighted by atomic mass is 127. The van der Waals surface area contributed by atoms with Gasteiger partial charge >= 0.3 is 0 Å². The zero-order valence-electron chi connectivity index (χ0n) is 15.2. The van der Waals surface area contributed by atoms with Gasteiger partial charge in [-0.05, 0) is 31.4 Å². The number of nitrogens with zero attached hydrogens (tertiary/aromatic N) is 2. The summed E-state index contributed by atoms with van der Waals surface area (Å²) in [6.45, 7) is 4.15. The Morgan fingerprint density at radius 2 is 2.16 bits per heavy atom. The van der Waals surface area contributed by atoms with Crippen molar-refractivity contribution in [1.82, 2.24) is 10.6 Å². The van der Waals surface area contributed by atoms with Crippen molar-refractivity contribution >= 4 is 41.5 Å². The molecule has 7 heteroatoms. The predicted octanol–water partition coefficient (Wildman–Crippen LogP) is 2.17. The SMILES string of the molecule is CN=C(NCCCC(=O)N1CCc2ccccc21)NC(C)COC.I. The Morgan fingerprint density at radius 3 is 2.88 bits per heavy atom. The van der Waals surface area contributed by atoms with Gasteiger partial charge < -0.3 is 20.3 Å². The minimum Gasteiger partial charge on any atom is -0.383 e. The van der Waals surface area contributed by atoms with Crippen molar-refractivity contribution in [1.29, 1.82) is 0 Å². The average molecular weight is 460 g/mol. The normalized spacial score (nSPS) is 14.5. The molecule has 1 aromatic rings. The molecule has 140 valence electrons. The fourth-order valence-corrected chi connectivity index (χ4v) is 2.90. The number of para-hydroxylation sites is 1. The van der Waals surface area contributed by atoms with Gasteiger partial charge in [0.1, 0.15) is 0 Å². The van der Waals surface area contributed by atoms with Crippen molar-refractivity contribution in [2.24, 2.45) is 4.99 Å². The van der Waals surface area contributed by atoms with E-state index in [4.69, 9.17) is 4.74 Å². The maximum atomic E-state index is 12.4. The first-order chi connectivity index (χ1) is 11.7. The van der Waals surface area contributed by atoms with Crippen LogP contribution in [0.2, 0.25) is 0 Å². The van der Waals surface area contributed by atoms with Gasteiger partial charge in [0, 0.05) is 45.4 Å². The minimum absolute atomic E-state index is 0. The number of carbonyl (C=O) groups excluding carboxylic acids is 1. The number of anilines is 1. The monoisotopic (exact) mass is 460 g/mol. The Balaban J connectivity index is 0.00000312. The highest BCUT2D eigenvalue weighted by molar-refractivity contribution is 14.0. The number of methoxy groups -OCH3 is 1. The smallest absolute Gasteiger partial charge is 0.227 e. The van der Waals surface area contributed by atoms with Gasteiger partial charge in [0.05, 0.1) is 6.61 Å². The molecular weight excluding hydrogens is 431 g/mol. The van der Waals surface area contributed by atoms with Crippen LogP contribution >= 0.6 is 24.0 Å². The Kier molecular flexibility index (Phi) is 9.81. The maximum Gasteiger partial charge on any atom is 0.227 e. The second-order valence-corrected chi connectivity index (χ2v) is 6.03. The number of benzene rings is 1. The number of fused-ring (bicyclic) bond motifs is 1. The lowest BCUT2D eigenvalue weighted by Crippen LogP contribution is -2.44. The van der Waals surface area contributed by atoms with Gasteiger partial charge in [0.15, 0.2) is 5.96 Å². The summed E-state index contributed by atoms with van der Waals surface area (Å²) in [6, 6.07) is 8.33. The molecule has 25 heavy (non-hydrogen) atoms. The number of hydrogen-bond acceptors (Lipinski definition) is 3. The van der Waals surface area contributed by atoms with Crippen molar-refractivity contribution in [3.05, 3.63) is 29.8 Å². The van der Waals surface area contributed by atoms with Crippen molar-refractivity contribution in [2.45, 2.75) is 32.2 Å². The van der Waals surface area contributed by atoms with Crippen LogP contribution in [0, 0.1) is 0 Å². The van der Waals surface area contributed by atoms with Crippen molar-refractivity contribution in [3.63, 3.8) is 0 Å². The van der Waals surface area contributed by atoms with E-state index in [1.54, 1.807) is 14.2 Å². The summed E-state index contributed by atoms with van der Waals surface area (Å²) >= 11 is 0. The molecule has 1 aliphatic heterocycles. The number of amides is 1. The number of hydrogen-bond donors (Lipinski definition) is 2. The van der Waals surface area contributed by atoms with E-state index in [1.165, 1.54) is 5.56 Å². The van der Waals surface area contributed by atoms with Crippen LogP contribution < -0.4 is 15.5 Å². The highest BCUT2D eigenvalue weighted by Crippen LogP contribution is 2.27. The van der Waals surface area contributed by atoms with Crippen LogP contribution in [0.3, 0.4) is 0 Å². The summed E-state index contributed by atoms with van der Waals surface area (Å²) < 4.78 is 5.10. The minimum atomic E-state index is 0. The quantitative estimate of drug-likeness (QED) is 0.284. The number of halogens is 1. The number of aliphatic imine (C=N–C) groups is 1. The molecule has 1 heterocycles. The van der Waals surface area contributed by atoms with E-state index >= 15 is 0 Å². The summed E-state index contributed by atoms with van der Waals surface area (Å²) in [5, 5.41) is 6.48. The van der Waals surface area contributed by atoms with Crippen LogP contribution in [0.5, 0.6) is 0 Å². The Bertz CT molecular complexity index is 580. The third-order valence-electron chi connectivity index (χ3n) is 4.07. The van der Waals surface area contributed by atoms with E-state index in [0.717, 1.165) is 31.0 Å². The summed E-state index contributed by atoms with van der Waals surface area (Å²) in [6.07, 6.45) is 2.26. The van der Waals surface area contributed by atoms with Gasteiger partial charge in [-0.3, -0.25) is 9.79 Å². The molecule has 1 atom stereocenters. The third-order valence-corrected chi connectivity index (χ3v) is 4.07. The van der Waals surface area contributed by atoms with E-state index in [2.05, 4.69) is 21.7 Å². The Labute approximate surface area is 167 Å². The Morgan fingerprint density at radius 1 is 1.40 bits per heavy atom. The summed E-state index contributed by atoms with van der Waals surface area (Å²) in [5.74, 6) is 0.927. The van der Waals surface area contributed by atoms with Gasteiger partial charge in [-0.1, -0.05) is 18.2 Å². The van der Waals surface area contributed by atoms with Crippen molar-refractivity contribution in [2.75, 3.05) is 38.8 Å². The molecule has 1 aromatic carbocycles. The zero-order valence-corrected chi connectivity index (χ0v) is 17.6. The van der Waals surface area contributed by atoms with Gasteiger partial charge in [-0.25, -0.2) is 0 Å². The molecule has 0 aromatic heterocycles. The lowest BCUT2D eigenvalue weighted by Gasteiger charge is -2.19. The van der Waals surface area contributed by atoms with Crippen LogP contribution in [-0.2, 0) is 16.0 Å². The van der Waals surface area contributed by atoms with Crippen molar-refractivity contribution < 1.29 is 9.53 Å². The second kappa shape index (κ2) is 11.3. The van der Waals surface area contributed by atoms with Crippen molar-refractivity contribution in [3.8, 4) is 0 Å². The van der Waals surface area contributed by atoms with E-state index in [0.29, 0.717) is 19.6 Å². The molecule has 2 N–H and O–H groups in total. The van der Waals surface area contributed by atoms with E-state index in [1.807, 2.05) is 30.0 Å². The fraction of sp³-hybridized carbons (Fsp3) is 0.556. The van der Waals surface area contributed by atoms with Gasteiger partial charge in [-0.2, -0.15) is 0 Å². The van der Waals surface area contributed by atoms with E-state index < -0.39 is 0 Å². The summed E-state index contributed by atoms with van der Waals surface area (Å²) in [4.78, 5) is 18.5. The molecule has 0 saturated carbocycles. The fourth-order valence-electron chi connectivity index (χ4n) is 2.90. The summed E-state index contributed by atoms with van der Waals surface area (Å²) in [7, 11) is 3.41. The molecule has 0 bridgehead atoms. The first kappa shape index (κ1) is 21.7. The molecule has 0 fully saturated rings. The van der Waals surface area contributed by atoms with E-state index in [9.17, 15) is 4.79 Å². The van der Waals surface area contributed by atoms with Crippen LogP contribution in [0.15, 0.2) is 29.3 Å². The lowest BCUT2D eigenvalue weighted by atomic mass is 10.2. The molecule has 0 spiro atoms. The molecule has 0 aliphatic carbocycles. The lowest BCUT2D eigenvalue weighted by molar-refractivity contribution is -0.118. The molecule has 0 saturated heterocycles. The number of guanidine groups is 1. The van der Waals surface area contributed by atoms with E-state index in [-0.39, 0.29) is 35.9 Å². The van der Waals surface area contributed by atoms with Gasteiger partial charge in [-0.15, -0.1) is 24.0 Å². The first-order valence-corrected chi connectivity index (χ1v) is 8.50. The zero-order chi connectivity index (χ0) is 17.4. The first-order valence-electron chi connectivity index (χ1n) is 8.50. The number of nitrogens with one attached hydrogen (secondary N) is 2. The van der Waals surface area contributed by atoms with Crippen LogP contribution in [-0.4, -0.2) is 51.8 Å². The largest absolute Gasteiger partial charge is 0.383 e. The summed E-state index contributed by atoms with van der Waals surface area (Å²) in [5.41, 5.74) is 2.34. The highest BCUT2D eigenvalue weighted by Gasteiger charge is 2.23. The number of carbonyl (C=O) groups is 1. The predicted molar refractivity (Wildman–Crippen MR) is 113 cm³/mol. The van der Waals surface area contributed by atoms with Gasteiger partial charge in [0.25, 0.3) is 0 Å². The number of rotatable bonds is 7. The van der Waals surface area contributed by atoms with Crippen LogP contribution in [0.25, 0.3) is 0 Å². The van der Waals surface area contributed by atoms with Crippen LogP contribution in [0.4, 0.5) is 5.69 Å². The third kappa shape index (κ3) is 6.47. The molecule has 6 nitrogen and oxygen atoms in total. The molecule has 1 amide bonds. The average Bonchev–Trinajstić information content (AvgIpc) is 3.01. The van der Waals surface area contributed by atoms with Gasteiger partial charge in [0.2, 0.25) is 5.91 Å². The molecular formula is C18H29IN4O2. The standard InChI is InChI=1S/C18H28N4O2.HI/c1-14(13-24-3)21-18(19-2)20-11-6-9-17(23)22-12-10-15-7-4-5-8-16(15)22;/h4-5,7-8,14H,6,9-13H2,1-3H3,(H2,19,20,21);1H. The molecule has 1 aliphatic rings. The topological polar surface area (TPSA) is 66.0 Å². The second-order valence-electron chi connectivity index (χ2n) is 6.03. The number of ether oxygens (including phenoxy) is 1. The molecule has 0 radical (unpaired) electrons. The molecule has 1 unspecified atom stereocenters. The van der Waals surface area contributed by atoms with Crippen LogP contribution in [0.1, 0.15) is 25.3 Å².